The van der Waals surface area contributed by atoms with Crippen molar-refractivity contribution in [2.45, 2.75) is 20.4 Å². The zero-order valence-electron chi connectivity index (χ0n) is 19.3. The molecule has 0 heterocycles. The van der Waals surface area contributed by atoms with Gasteiger partial charge >= 0.3 is 0 Å². The minimum absolute atomic E-state index is 0.546. The number of ether oxygens (including phenoxy) is 1. The Morgan fingerprint density at radius 1 is 1.06 bits per heavy atom. The van der Waals surface area contributed by atoms with E-state index in [2.05, 4.69) is 42.8 Å². The lowest BCUT2D eigenvalue weighted by Crippen LogP contribution is -2.19. The van der Waals surface area contributed by atoms with Crippen LogP contribution in [0.15, 0.2) is 74.1 Å². The standard InChI is InChI=1S/C28H31F2NO/c1-8-22-15-23(19(2)3)10-11-25(22)18-31(6)28-16-24(12-14-27(28)21(5)32-7)20(4)9-13-26(30)17-29/h8-16H,1-2,5,17-18H2,3-4,6-7H3/b20-9+,26-13+. The summed E-state index contributed by atoms with van der Waals surface area (Å²) in [6, 6.07) is 12.1. The molecule has 2 rings (SSSR count). The van der Waals surface area contributed by atoms with Crippen molar-refractivity contribution in [2.24, 2.45) is 0 Å². The number of nitrogens with zero attached hydrogens (tertiary/aromatic N) is 1. The van der Waals surface area contributed by atoms with Crippen LogP contribution in [0.3, 0.4) is 0 Å². The van der Waals surface area contributed by atoms with Crippen molar-refractivity contribution in [2.75, 3.05) is 25.7 Å². The minimum atomic E-state index is -1.11. The molecule has 168 valence electrons. The maximum Gasteiger partial charge on any atom is 0.141 e. The first-order valence-corrected chi connectivity index (χ1v) is 10.3. The van der Waals surface area contributed by atoms with Crippen molar-refractivity contribution < 1.29 is 13.5 Å². The molecule has 0 fully saturated rings. The van der Waals surface area contributed by atoms with Crippen LogP contribution in [0.25, 0.3) is 23.0 Å². The van der Waals surface area contributed by atoms with Gasteiger partial charge in [-0.1, -0.05) is 55.7 Å². The lowest BCUT2D eigenvalue weighted by molar-refractivity contribution is 0.371. The predicted molar refractivity (Wildman–Crippen MR) is 135 cm³/mol. The summed E-state index contributed by atoms with van der Waals surface area (Å²) in [5.74, 6) is -0.258. The van der Waals surface area contributed by atoms with Crippen molar-refractivity contribution in [1.29, 1.82) is 0 Å². The van der Waals surface area contributed by atoms with Gasteiger partial charge in [-0.25, -0.2) is 8.78 Å². The smallest absolute Gasteiger partial charge is 0.141 e. The van der Waals surface area contributed by atoms with Crippen molar-refractivity contribution in [1.82, 2.24) is 0 Å². The van der Waals surface area contributed by atoms with Crippen LogP contribution in [0.1, 0.15) is 41.7 Å². The van der Waals surface area contributed by atoms with Crippen LogP contribution in [0.4, 0.5) is 14.5 Å². The molecule has 0 bridgehead atoms. The van der Waals surface area contributed by atoms with Gasteiger partial charge in [0.2, 0.25) is 0 Å². The Morgan fingerprint density at radius 3 is 2.34 bits per heavy atom. The average Bonchev–Trinajstić information content (AvgIpc) is 2.81. The quantitative estimate of drug-likeness (QED) is 0.278. The zero-order valence-corrected chi connectivity index (χ0v) is 19.3. The molecule has 0 N–H and O–H groups in total. The van der Waals surface area contributed by atoms with Gasteiger partial charge in [0.05, 0.1) is 7.11 Å². The number of rotatable bonds is 10. The molecule has 0 aliphatic rings. The molecule has 32 heavy (non-hydrogen) atoms. The maximum absolute atomic E-state index is 13.2. The highest BCUT2D eigenvalue weighted by Crippen LogP contribution is 2.31. The molecule has 0 spiro atoms. The van der Waals surface area contributed by atoms with E-state index in [1.54, 1.807) is 13.2 Å². The van der Waals surface area contributed by atoms with Crippen LogP contribution in [0.2, 0.25) is 0 Å². The monoisotopic (exact) mass is 435 g/mol. The summed E-state index contributed by atoms with van der Waals surface area (Å²) < 4.78 is 31.0. The van der Waals surface area contributed by atoms with Gasteiger partial charge in [0.15, 0.2) is 0 Å². The number of methoxy groups -OCH3 is 1. The van der Waals surface area contributed by atoms with Gasteiger partial charge < -0.3 is 9.64 Å². The molecule has 0 unspecified atom stereocenters. The second-order valence-corrected chi connectivity index (χ2v) is 7.71. The largest absolute Gasteiger partial charge is 0.497 e. The molecule has 2 aromatic carbocycles. The molecule has 2 nitrogen and oxygen atoms in total. The third kappa shape index (κ3) is 6.07. The number of halogens is 2. The number of hydrogen-bond acceptors (Lipinski definition) is 2. The van der Waals surface area contributed by atoms with Crippen molar-refractivity contribution in [3.8, 4) is 0 Å². The highest BCUT2D eigenvalue weighted by molar-refractivity contribution is 5.78. The fourth-order valence-electron chi connectivity index (χ4n) is 3.33. The molecule has 2 aromatic rings. The van der Waals surface area contributed by atoms with Gasteiger partial charge in [-0.2, -0.15) is 0 Å². The third-order valence-electron chi connectivity index (χ3n) is 5.32. The Hall–Kier alpha value is -3.40. The third-order valence-corrected chi connectivity index (χ3v) is 5.32. The average molecular weight is 436 g/mol. The number of allylic oxidation sites excluding steroid dienone is 5. The SMILES string of the molecule is C=Cc1cc(C(=C)C)ccc1CN(C)c1cc(/C(C)=C/C=C(/F)CF)ccc1C(=C)OC. The van der Waals surface area contributed by atoms with Crippen LogP contribution in [0.5, 0.6) is 0 Å². The van der Waals surface area contributed by atoms with E-state index in [0.29, 0.717) is 12.3 Å². The first-order valence-electron chi connectivity index (χ1n) is 10.3. The lowest BCUT2D eigenvalue weighted by atomic mass is 9.99. The van der Waals surface area contributed by atoms with Crippen molar-refractivity contribution >= 4 is 28.7 Å². The zero-order chi connectivity index (χ0) is 23.8. The van der Waals surface area contributed by atoms with E-state index in [9.17, 15) is 8.78 Å². The fraction of sp³-hybridized carbons (Fsp3) is 0.214. The Kier molecular flexibility index (Phi) is 8.77. The van der Waals surface area contributed by atoms with Gasteiger partial charge in [-0.15, -0.1) is 0 Å². The highest BCUT2D eigenvalue weighted by Gasteiger charge is 2.14. The Labute approximate surface area is 190 Å². The first-order chi connectivity index (χ1) is 15.2. The van der Waals surface area contributed by atoms with E-state index in [0.717, 1.165) is 50.7 Å². The summed E-state index contributed by atoms with van der Waals surface area (Å²) in [6.07, 6.45) is 4.57. The molecule has 0 saturated carbocycles. The molecule has 0 aliphatic heterocycles. The fourth-order valence-corrected chi connectivity index (χ4v) is 3.33. The van der Waals surface area contributed by atoms with Gasteiger partial charge in [-0.05, 0) is 65.9 Å². The second-order valence-electron chi connectivity index (χ2n) is 7.71. The normalized spacial score (nSPS) is 11.8. The second kappa shape index (κ2) is 11.3. The van der Waals surface area contributed by atoms with Gasteiger partial charge in [0.25, 0.3) is 0 Å². The van der Waals surface area contributed by atoms with Gasteiger partial charge in [0, 0.05) is 24.8 Å². The molecule has 0 saturated heterocycles. The van der Waals surface area contributed by atoms with E-state index in [4.69, 9.17) is 4.74 Å². The molecular weight excluding hydrogens is 404 g/mol. The summed E-state index contributed by atoms with van der Waals surface area (Å²) in [6.45, 7) is 15.3. The number of benzene rings is 2. The molecule has 0 radical (unpaired) electrons. The number of alkyl halides is 1. The maximum atomic E-state index is 13.2. The van der Waals surface area contributed by atoms with Gasteiger partial charge in [-0.3, -0.25) is 0 Å². The van der Waals surface area contributed by atoms with Crippen LogP contribution in [0, 0.1) is 0 Å². The van der Waals surface area contributed by atoms with E-state index in [1.165, 1.54) is 0 Å². The van der Waals surface area contributed by atoms with E-state index < -0.39 is 12.5 Å². The summed E-state index contributed by atoms with van der Waals surface area (Å²) in [5.41, 5.74) is 7.72. The number of anilines is 1. The van der Waals surface area contributed by atoms with Gasteiger partial charge in [0.1, 0.15) is 18.3 Å². The van der Waals surface area contributed by atoms with Crippen molar-refractivity contribution in [3.05, 3.63) is 102 Å². The first kappa shape index (κ1) is 24.9. The molecular formula is C28H31F2NO. The highest BCUT2D eigenvalue weighted by atomic mass is 19.2. The molecule has 4 heteroatoms. The Morgan fingerprint density at radius 2 is 1.75 bits per heavy atom. The summed E-state index contributed by atoms with van der Waals surface area (Å²) in [7, 11) is 3.58. The Balaban J connectivity index is 2.48. The predicted octanol–water partition coefficient (Wildman–Crippen LogP) is 7.84. The lowest BCUT2D eigenvalue weighted by Gasteiger charge is -2.25. The van der Waals surface area contributed by atoms with Crippen LogP contribution in [-0.4, -0.2) is 20.8 Å². The summed E-state index contributed by atoms with van der Waals surface area (Å²) in [5, 5.41) is 0. The minimum Gasteiger partial charge on any atom is -0.497 e. The van der Waals surface area contributed by atoms with Crippen LogP contribution >= 0.6 is 0 Å². The van der Waals surface area contributed by atoms with Crippen molar-refractivity contribution in [3.63, 3.8) is 0 Å². The molecule has 0 aromatic heterocycles. The molecule has 0 aliphatic carbocycles. The molecule has 0 atom stereocenters. The van der Waals surface area contributed by atoms with Crippen LogP contribution < -0.4 is 4.90 Å². The number of hydrogen-bond donors (Lipinski definition) is 0. The topological polar surface area (TPSA) is 12.5 Å². The van der Waals surface area contributed by atoms with E-state index in [-0.39, 0.29) is 0 Å². The molecule has 0 amide bonds. The summed E-state index contributed by atoms with van der Waals surface area (Å²) in [4.78, 5) is 2.11. The summed E-state index contributed by atoms with van der Waals surface area (Å²) >= 11 is 0. The van der Waals surface area contributed by atoms with E-state index >= 15 is 0 Å². The Bertz CT molecular complexity index is 1080. The van der Waals surface area contributed by atoms with Crippen LogP contribution in [-0.2, 0) is 11.3 Å². The van der Waals surface area contributed by atoms with E-state index in [1.807, 2.05) is 45.2 Å².